The monoisotopic (exact) mass is 403 g/mol. The van der Waals surface area contributed by atoms with E-state index in [1.165, 1.54) is 6.33 Å². The number of benzene rings is 2. The molecule has 4 aromatic rings. The van der Waals surface area contributed by atoms with Gasteiger partial charge >= 0.3 is 0 Å². The van der Waals surface area contributed by atoms with Crippen molar-refractivity contribution in [3.8, 4) is 22.5 Å². The molecule has 1 fully saturated rings. The number of nitrogens with two attached hydrogens (primary N) is 1. The van der Waals surface area contributed by atoms with E-state index in [1.54, 1.807) is 11.8 Å². The SMILES string of the molecule is NC(c1ncnc2oc(-c3ccccc3)c(-c3ccccc3)c12)C1OCCCS1. The molecule has 146 valence electrons. The molecule has 2 unspecified atom stereocenters. The highest BCUT2D eigenvalue weighted by Gasteiger charge is 2.30. The van der Waals surface area contributed by atoms with Gasteiger partial charge in [0.15, 0.2) is 0 Å². The molecule has 2 aromatic carbocycles. The molecule has 0 spiro atoms. The van der Waals surface area contributed by atoms with Crippen LogP contribution in [0.5, 0.6) is 0 Å². The summed E-state index contributed by atoms with van der Waals surface area (Å²) in [5.74, 6) is 1.82. The Morgan fingerprint density at radius 1 is 0.966 bits per heavy atom. The third-order valence-corrected chi connectivity index (χ3v) is 6.36. The fourth-order valence-corrected chi connectivity index (χ4v) is 4.77. The summed E-state index contributed by atoms with van der Waals surface area (Å²) in [4.78, 5) is 9.01. The maximum atomic E-state index is 6.65. The third-order valence-electron chi connectivity index (χ3n) is 5.08. The molecule has 29 heavy (non-hydrogen) atoms. The third kappa shape index (κ3) is 3.44. The van der Waals surface area contributed by atoms with Gasteiger partial charge in [-0.2, -0.15) is 0 Å². The quantitative estimate of drug-likeness (QED) is 0.515. The number of thioether (sulfide) groups is 1. The molecule has 3 heterocycles. The van der Waals surface area contributed by atoms with Crippen LogP contribution in [-0.2, 0) is 4.74 Å². The minimum Gasteiger partial charge on any atom is -0.437 e. The van der Waals surface area contributed by atoms with Crippen LogP contribution >= 0.6 is 11.8 Å². The van der Waals surface area contributed by atoms with Gasteiger partial charge in [-0.1, -0.05) is 60.7 Å². The highest BCUT2D eigenvalue weighted by atomic mass is 32.2. The summed E-state index contributed by atoms with van der Waals surface area (Å²) < 4.78 is 12.2. The molecule has 0 radical (unpaired) electrons. The van der Waals surface area contributed by atoms with Gasteiger partial charge in [-0.25, -0.2) is 9.97 Å². The first kappa shape index (κ1) is 18.4. The lowest BCUT2D eigenvalue weighted by Gasteiger charge is -2.27. The van der Waals surface area contributed by atoms with Gasteiger partial charge < -0.3 is 14.9 Å². The van der Waals surface area contributed by atoms with Crippen molar-refractivity contribution in [3.05, 3.63) is 72.7 Å². The van der Waals surface area contributed by atoms with E-state index < -0.39 is 0 Å². The first-order valence-electron chi connectivity index (χ1n) is 9.70. The molecule has 5 nitrogen and oxygen atoms in total. The van der Waals surface area contributed by atoms with E-state index in [9.17, 15) is 0 Å². The summed E-state index contributed by atoms with van der Waals surface area (Å²) in [6, 6.07) is 19.9. The average Bonchev–Trinajstić information content (AvgIpc) is 3.20. The number of fused-ring (bicyclic) bond motifs is 1. The number of ether oxygens (including phenoxy) is 1. The standard InChI is InChI=1S/C23H21N3O2S/c24-19(23-27-12-7-13-29-23)20-18-17(15-8-3-1-4-9-15)21(16-10-5-2-6-11-16)28-22(18)26-14-25-20/h1-6,8-11,14,19,23H,7,12-13,24H2. The number of nitrogens with zero attached hydrogens (tertiary/aromatic N) is 2. The molecule has 1 aliphatic rings. The Morgan fingerprint density at radius 3 is 2.38 bits per heavy atom. The van der Waals surface area contributed by atoms with E-state index >= 15 is 0 Å². The highest BCUT2D eigenvalue weighted by molar-refractivity contribution is 7.99. The van der Waals surface area contributed by atoms with Crippen LogP contribution in [0.4, 0.5) is 0 Å². The molecule has 0 saturated carbocycles. The molecule has 0 aliphatic carbocycles. The van der Waals surface area contributed by atoms with Crippen molar-refractivity contribution < 1.29 is 9.15 Å². The minimum absolute atomic E-state index is 0.124. The number of aromatic nitrogens is 2. The first-order valence-corrected chi connectivity index (χ1v) is 10.7. The summed E-state index contributed by atoms with van der Waals surface area (Å²) in [5.41, 5.74) is 10.8. The van der Waals surface area contributed by atoms with Crippen molar-refractivity contribution in [2.45, 2.75) is 17.9 Å². The molecular formula is C23H21N3O2S. The summed E-state index contributed by atoms with van der Waals surface area (Å²) >= 11 is 1.74. The van der Waals surface area contributed by atoms with Gasteiger partial charge in [-0.05, 0) is 17.7 Å². The van der Waals surface area contributed by atoms with Gasteiger partial charge in [0, 0.05) is 17.7 Å². The Balaban J connectivity index is 1.75. The number of hydrogen-bond acceptors (Lipinski definition) is 6. The molecule has 1 aliphatic heterocycles. The lowest BCUT2D eigenvalue weighted by molar-refractivity contribution is 0.0885. The second kappa shape index (κ2) is 7.99. The van der Waals surface area contributed by atoms with E-state index in [2.05, 4.69) is 22.1 Å². The summed E-state index contributed by atoms with van der Waals surface area (Å²) in [6.45, 7) is 0.728. The van der Waals surface area contributed by atoms with Crippen LogP contribution in [-0.4, -0.2) is 27.8 Å². The molecular weight excluding hydrogens is 382 g/mol. The van der Waals surface area contributed by atoms with Gasteiger partial charge in [0.05, 0.1) is 17.1 Å². The maximum Gasteiger partial charge on any atom is 0.230 e. The van der Waals surface area contributed by atoms with Crippen molar-refractivity contribution in [3.63, 3.8) is 0 Å². The Bertz CT molecular complexity index is 1110. The molecule has 0 bridgehead atoms. The molecule has 2 N–H and O–H groups in total. The summed E-state index contributed by atoms with van der Waals surface area (Å²) in [5, 5.41) is 0.861. The average molecular weight is 404 g/mol. The van der Waals surface area contributed by atoms with Crippen LogP contribution < -0.4 is 5.73 Å². The van der Waals surface area contributed by atoms with E-state index in [0.717, 1.165) is 52.3 Å². The van der Waals surface area contributed by atoms with E-state index in [-0.39, 0.29) is 11.5 Å². The Morgan fingerprint density at radius 2 is 1.69 bits per heavy atom. The van der Waals surface area contributed by atoms with Crippen molar-refractivity contribution >= 4 is 22.9 Å². The second-order valence-electron chi connectivity index (χ2n) is 6.97. The van der Waals surface area contributed by atoms with Gasteiger partial charge in [-0.15, -0.1) is 11.8 Å². The van der Waals surface area contributed by atoms with E-state index in [1.807, 2.05) is 48.5 Å². The molecule has 2 atom stereocenters. The van der Waals surface area contributed by atoms with Gasteiger partial charge in [-0.3, -0.25) is 0 Å². The lowest BCUT2D eigenvalue weighted by Crippen LogP contribution is -2.30. The Kier molecular flexibility index (Phi) is 5.06. The molecule has 2 aromatic heterocycles. The molecule has 6 heteroatoms. The molecule has 5 rings (SSSR count). The zero-order valence-corrected chi connectivity index (χ0v) is 16.6. The molecule has 1 saturated heterocycles. The zero-order chi connectivity index (χ0) is 19.6. The molecule has 0 amide bonds. The van der Waals surface area contributed by atoms with Crippen LogP contribution in [0.25, 0.3) is 33.6 Å². The zero-order valence-electron chi connectivity index (χ0n) is 15.8. The maximum absolute atomic E-state index is 6.65. The van der Waals surface area contributed by atoms with Crippen LogP contribution in [0.15, 0.2) is 71.4 Å². The number of hydrogen-bond donors (Lipinski definition) is 1. The van der Waals surface area contributed by atoms with E-state index in [0.29, 0.717) is 5.71 Å². The van der Waals surface area contributed by atoms with Crippen molar-refractivity contribution in [2.24, 2.45) is 5.73 Å². The summed E-state index contributed by atoms with van der Waals surface area (Å²) in [6.07, 6.45) is 2.57. The largest absolute Gasteiger partial charge is 0.437 e. The van der Waals surface area contributed by atoms with Crippen molar-refractivity contribution in [1.29, 1.82) is 0 Å². The number of furan rings is 1. The van der Waals surface area contributed by atoms with Crippen LogP contribution in [0.3, 0.4) is 0 Å². The summed E-state index contributed by atoms with van der Waals surface area (Å²) in [7, 11) is 0. The minimum atomic E-state index is -0.366. The van der Waals surface area contributed by atoms with E-state index in [4.69, 9.17) is 14.9 Å². The van der Waals surface area contributed by atoms with Crippen LogP contribution in [0.1, 0.15) is 18.2 Å². The second-order valence-corrected chi connectivity index (χ2v) is 8.17. The van der Waals surface area contributed by atoms with Crippen molar-refractivity contribution in [2.75, 3.05) is 12.4 Å². The van der Waals surface area contributed by atoms with Crippen LogP contribution in [0, 0.1) is 0 Å². The topological polar surface area (TPSA) is 74.2 Å². The van der Waals surface area contributed by atoms with Gasteiger partial charge in [0.25, 0.3) is 0 Å². The fraction of sp³-hybridized carbons (Fsp3) is 0.217. The van der Waals surface area contributed by atoms with Gasteiger partial charge in [0.1, 0.15) is 17.5 Å². The number of rotatable bonds is 4. The lowest BCUT2D eigenvalue weighted by atomic mass is 9.97. The Labute approximate surface area is 173 Å². The van der Waals surface area contributed by atoms with Crippen LogP contribution in [0.2, 0.25) is 0 Å². The highest BCUT2D eigenvalue weighted by Crippen LogP contribution is 2.43. The smallest absolute Gasteiger partial charge is 0.230 e. The predicted molar refractivity (Wildman–Crippen MR) is 116 cm³/mol. The normalized spacial score (nSPS) is 18.0. The fourth-order valence-electron chi connectivity index (χ4n) is 3.72. The van der Waals surface area contributed by atoms with Crippen molar-refractivity contribution in [1.82, 2.24) is 9.97 Å². The van der Waals surface area contributed by atoms with Gasteiger partial charge in [0.2, 0.25) is 5.71 Å². The first-order chi connectivity index (χ1) is 14.3. The predicted octanol–water partition coefficient (Wildman–Crippen LogP) is 5.04. The Hall–Kier alpha value is -2.67.